The average molecular weight is 323 g/mol. The molecule has 6 heteroatoms. The summed E-state index contributed by atoms with van der Waals surface area (Å²) in [6, 6.07) is 14.3. The van der Waals surface area contributed by atoms with Crippen LogP contribution in [-0.2, 0) is 4.79 Å². The molecule has 1 aliphatic heterocycles. The molecule has 1 heterocycles. The molecule has 2 aromatic carbocycles. The maximum absolute atomic E-state index is 12.2. The molecule has 0 spiro atoms. The van der Waals surface area contributed by atoms with Crippen molar-refractivity contribution in [3.8, 4) is 5.75 Å². The highest BCUT2D eigenvalue weighted by atomic mass is 16.5. The summed E-state index contributed by atoms with van der Waals surface area (Å²) in [7, 11) is 0. The number of amides is 2. The van der Waals surface area contributed by atoms with Gasteiger partial charge in [0, 0.05) is 5.56 Å². The minimum absolute atomic E-state index is 0.255. The predicted octanol–water partition coefficient (Wildman–Crippen LogP) is 2.56. The summed E-state index contributed by atoms with van der Waals surface area (Å²) < 4.78 is 5.63. The quantitative estimate of drug-likeness (QED) is 0.673. The van der Waals surface area contributed by atoms with Gasteiger partial charge in [-0.2, -0.15) is 5.10 Å². The Labute approximate surface area is 139 Å². The first kappa shape index (κ1) is 15.7. The molecule has 0 aliphatic carbocycles. The van der Waals surface area contributed by atoms with E-state index in [1.54, 1.807) is 38.3 Å². The number of hydrazone groups is 1. The van der Waals surface area contributed by atoms with Crippen LogP contribution < -0.4 is 15.5 Å². The van der Waals surface area contributed by atoms with Crippen LogP contribution in [0.15, 0.2) is 53.6 Å². The average Bonchev–Trinajstić information content (AvgIpc) is 2.56. The molecule has 1 aliphatic rings. The molecular formula is C18H17N3O3. The van der Waals surface area contributed by atoms with Gasteiger partial charge >= 0.3 is 0 Å². The lowest BCUT2D eigenvalue weighted by molar-refractivity contribution is -0.129. The van der Waals surface area contributed by atoms with Crippen molar-refractivity contribution in [3.63, 3.8) is 0 Å². The highest BCUT2D eigenvalue weighted by molar-refractivity contribution is 6.02. The highest BCUT2D eigenvalue weighted by Gasteiger charge is 2.35. The van der Waals surface area contributed by atoms with E-state index >= 15 is 0 Å². The van der Waals surface area contributed by atoms with Crippen LogP contribution in [0, 0.1) is 0 Å². The van der Waals surface area contributed by atoms with Gasteiger partial charge in [0.05, 0.1) is 11.9 Å². The molecule has 6 nitrogen and oxygen atoms in total. The van der Waals surface area contributed by atoms with Crippen molar-refractivity contribution < 1.29 is 14.3 Å². The third-order valence-electron chi connectivity index (χ3n) is 3.58. The van der Waals surface area contributed by atoms with Gasteiger partial charge in [-0.05, 0) is 37.6 Å². The number of rotatable bonds is 3. The van der Waals surface area contributed by atoms with E-state index in [2.05, 4.69) is 15.8 Å². The number of fused-ring (bicyclic) bond motifs is 1. The molecule has 0 fully saturated rings. The largest absolute Gasteiger partial charge is 0.476 e. The van der Waals surface area contributed by atoms with Crippen molar-refractivity contribution in [2.45, 2.75) is 19.4 Å². The molecule has 0 saturated heterocycles. The van der Waals surface area contributed by atoms with E-state index in [0.717, 1.165) is 5.56 Å². The fraction of sp³-hybridized carbons (Fsp3) is 0.167. The minimum atomic E-state index is -0.934. The molecule has 0 radical (unpaired) electrons. The summed E-state index contributed by atoms with van der Waals surface area (Å²) >= 11 is 0. The number of nitrogens with one attached hydrogen (secondary N) is 2. The first-order valence-electron chi connectivity index (χ1n) is 7.49. The Kier molecular flexibility index (Phi) is 4.04. The maximum atomic E-state index is 12.2. The number of anilines is 1. The summed E-state index contributed by atoms with van der Waals surface area (Å²) in [5, 5.41) is 6.67. The van der Waals surface area contributed by atoms with Gasteiger partial charge in [0.1, 0.15) is 5.75 Å². The van der Waals surface area contributed by atoms with Gasteiger partial charge in [-0.25, -0.2) is 5.43 Å². The van der Waals surface area contributed by atoms with Crippen LogP contribution in [0.1, 0.15) is 29.8 Å². The molecule has 122 valence electrons. The SMILES string of the molecule is CC1(C)Oc2ccc(C(=O)N/N=C/c3ccccc3)cc2NC1=O. The second-order valence-electron chi connectivity index (χ2n) is 5.89. The van der Waals surface area contributed by atoms with Crippen LogP contribution in [0.4, 0.5) is 5.69 Å². The smallest absolute Gasteiger partial charge is 0.271 e. The van der Waals surface area contributed by atoms with Gasteiger partial charge in [0.15, 0.2) is 5.60 Å². The van der Waals surface area contributed by atoms with E-state index < -0.39 is 5.60 Å². The summed E-state index contributed by atoms with van der Waals surface area (Å²) in [5.74, 6) is -0.0948. The van der Waals surface area contributed by atoms with E-state index in [-0.39, 0.29) is 11.8 Å². The van der Waals surface area contributed by atoms with Crippen LogP contribution in [-0.4, -0.2) is 23.6 Å². The molecule has 0 aromatic heterocycles. The van der Waals surface area contributed by atoms with E-state index in [0.29, 0.717) is 17.0 Å². The Hall–Kier alpha value is -3.15. The predicted molar refractivity (Wildman–Crippen MR) is 91.3 cm³/mol. The molecular weight excluding hydrogens is 306 g/mol. The minimum Gasteiger partial charge on any atom is -0.476 e. The topological polar surface area (TPSA) is 79.8 Å². The van der Waals surface area contributed by atoms with Gasteiger partial charge in [0.2, 0.25) is 0 Å². The number of ether oxygens (including phenoxy) is 1. The standard InChI is InChI=1S/C18H17N3O3/c1-18(2)17(23)20-14-10-13(8-9-15(14)24-18)16(22)21-19-11-12-6-4-3-5-7-12/h3-11H,1-2H3,(H,20,23)(H,21,22)/b19-11+. The lowest BCUT2D eigenvalue weighted by Gasteiger charge is -2.31. The van der Waals surface area contributed by atoms with E-state index in [4.69, 9.17) is 4.74 Å². The zero-order valence-electron chi connectivity index (χ0n) is 13.4. The van der Waals surface area contributed by atoms with Crippen molar-refractivity contribution >= 4 is 23.7 Å². The summed E-state index contributed by atoms with van der Waals surface area (Å²) in [6.07, 6.45) is 1.56. The first-order valence-corrected chi connectivity index (χ1v) is 7.49. The van der Waals surface area contributed by atoms with Gasteiger partial charge in [-0.15, -0.1) is 0 Å². The first-order chi connectivity index (χ1) is 11.5. The lowest BCUT2D eigenvalue weighted by Crippen LogP contribution is -2.45. The molecule has 2 aromatic rings. The van der Waals surface area contributed by atoms with Crippen molar-refractivity contribution in [1.29, 1.82) is 0 Å². The third-order valence-corrected chi connectivity index (χ3v) is 3.58. The van der Waals surface area contributed by atoms with Crippen molar-refractivity contribution in [2.24, 2.45) is 5.10 Å². The van der Waals surface area contributed by atoms with Gasteiger partial charge < -0.3 is 10.1 Å². The van der Waals surface area contributed by atoms with E-state index in [1.165, 1.54) is 0 Å². The summed E-state index contributed by atoms with van der Waals surface area (Å²) in [6.45, 7) is 3.37. The zero-order valence-corrected chi connectivity index (χ0v) is 13.4. The molecule has 3 rings (SSSR count). The molecule has 0 unspecified atom stereocenters. The Morgan fingerprint density at radius 3 is 2.71 bits per heavy atom. The molecule has 0 saturated carbocycles. The zero-order chi connectivity index (χ0) is 17.2. The van der Waals surface area contributed by atoms with Gasteiger partial charge in [-0.1, -0.05) is 30.3 Å². The maximum Gasteiger partial charge on any atom is 0.271 e. The number of hydrogen-bond donors (Lipinski definition) is 2. The van der Waals surface area contributed by atoms with Crippen LogP contribution in [0.2, 0.25) is 0 Å². The van der Waals surface area contributed by atoms with Crippen LogP contribution >= 0.6 is 0 Å². The Bertz CT molecular complexity index is 814. The molecule has 24 heavy (non-hydrogen) atoms. The fourth-order valence-corrected chi connectivity index (χ4v) is 2.22. The second kappa shape index (κ2) is 6.16. The van der Waals surface area contributed by atoms with Gasteiger partial charge in [-0.3, -0.25) is 9.59 Å². The van der Waals surface area contributed by atoms with Crippen molar-refractivity contribution in [1.82, 2.24) is 5.43 Å². The molecule has 2 amide bonds. The molecule has 0 atom stereocenters. The lowest BCUT2D eigenvalue weighted by atomic mass is 10.0. The molecule has 0 bridgehead atoms. The molecule has 2 N–H and O–H groups in total. The van der Waals surface area contributed by atoms with Crippen LogP contribution in [0.3, 0.4) is 0 Å². The number of hydrogen-bond acceptors (Lipinski definition) is 4. The Morgan fingerprint density at radius 1 is 1.21 bits per heavy atom. The number of carbonyl (C=O) groups excluding carboxylic acids is 2. The third kappa shape index (κ3) is 3.27. The van der Waals surface area contributed by atoms with Gasteiger partial charge in [0.25, 0.3) is 11.8 Å². The van der Waals surface area contributed by atoms with Crippen LogP contribution in [0.25, 0.3) is 0 Å². The van der Waals surface area contributed by atoms with E-state index in [1.807, 2.05) is 30.3 Å². The van der Waals surface area contributed by atoms with Crippen molar-refractivity contribution in [2.75, 3.05) is 5.32 Å². The van der Waals surface area contributed by atoms with E-state index in [9.17, 15) is 9.59 Å². The second-order valence-corrected chi connectivity index (χ2v) is 5.89. The normalized spacial score (nSPS) is 15.3. The number of nitrogens with zero attached hydrogens (tertiary/aromatic N) is 1. The monoisotopic (exact) mass is 323 g/mol. The summed E-state index contributed by atoms with van der Waals surface area (Å²) in [5.41, 5.74) is 3.25. The highest BCUT2D eigenvalue weighted by Crippen LogP contribution is 2.34. The number of benzene rings is 2. The Balaban J connectivity index is 1.72. The fourth-order valence-electron chi connectivity index (χ4n) is 2.22. The summed E-state index contributed by atoms with van der Waals surface area (Å²) in [4.78, 5) is 24.1. The van der Waals surface area contributed by atoms with Crippen LogP contribution in [0.5, 0.6) is 5.75 Å². The van der Waals surface area contributed by atoms with Crippen molar-refractivity contribution in [3.05, 3.63) is 59.7 Å². The number of carbonyl (C=O) groups is 2. The Morgan fingerprint density at radius 2 is 1.96 bits per heavy atom.